The zero-order chi connectivity index (χ0) is 11.1. The molecule has 15 heavy (non-hydrogen) atoms. The number of anilines is 1. The van der Waals surface area contributed by atoms with Crippen LogP contribution in [0.4, 0.5) is 5.82 Å². The van der Waals surface area contributed by atoms with Gasteiger partial charge in [0.1, 0.15) is 5.82 Å². The Labute approximate surface area is 107 Å². The maximum absolute atomic E-state index is 4.27. The van der Waals surface area contributed by atoms with E-state index in [1.165, 1.54) is 0 Å². The summed E-state index contributed by atoms with van der Waals surface area (Å²) in [7, 11) is 0. The van der Waals surface area contributed by atoms with Crippen LogP contribution in [0, 0.1) is 0 Å². The van der Waals surface area contributed by atoms with E-state index < -0.39 is 0 Å². The van der Waals surface area contributed by atoms with Gasteiger partial charge in [-0.05, 0) is 57.4 Å². The molecule has 0 fully saturated rings. The van der Waals surface area contributed by atoms with Crippen LogP contribution in [0.1, 0.15) is 13.3 Å². The van der Waals surface area contributed by atoms with Gasteiger partial charge in [0.05, 0.1) is 4.47 Å². The summed E-state index contributed by atoms with van der Waals surface area (Å²) in [6.07, 6.45) is 2.88. The molecule has 2 N–H and O–H groups in total. The summed E-state index contributed by atoms with van der Waals surface area (Å²) in [4.78, 5) is 4.27. The number of pyridine rings is 1. The van der Waals surface area contributed by atoms with Crippen molar-refractivity contribution in [2.24, 2.45) is 0 Å². The number of nitrogens with one attached hydrogen (secondary N) is 2. The molecule has 0 aromatic carbocycles. The summed E-state index contributed by atoms with van der Waals surface area (Å²) in [5.41, 5.74) is 0. The van der Waals surface area contributed by atoms with Crippen LogP contribution >= 0.6 is 31.9 Å². The molecule has 1 aromatic heterocycles. The highest BCUT2D eigenvalue weighted by atomic mass is 79.9. The first kappa shape index (κ1) is 12.9. The molecule has 0 unspecified atom stereocenters. The summed E-state index contributed by atoms with van der Waals surface area (Å²) in [5.74, 6) is 0.898. The predicted octanol–water partition coefficient (Wildman–Crippen LogP) is 3.02. The molecule has 0 amide bonds. The van der Waals surface area contributed by atoms with Gasteiger partial charge in [0.15, 0.2) is 0 Å². The highest BCUT2D eigenvalue weighted by Crippen LogP contribution is 2.23. The lowest BCUT2D eigenvalue weighted by Gasteiger charge is -2.07. The van der Waals surface area contributed by atoms with Crippen LogP contribution in [-0.2, 0) is 0 Å². The van der Waals surface area contributed by atoms with E-state index in [9.17, 15) is 0 Å². The average Bonchev–Trinajstić information content (AvgIpc) is 2.20. The topological polar surface area (TPSA) is 37.0 Å². The molecule has 0 bridgehead atoms. The van der Waals surface area contributed by atoms with Gasteiger partial charge in [-0.25, -0.2) is 4.98 Å². The first-order chi connectivity index (χ1) is 7.24. The fourth-order valence-electron chi connectivity index (χ4n) is 1.14. The number of halogens is 2. The maximum Gasteiger partial charge on any atom is 0.140 e. The third-order valence-corrected chi connectivity index (χ3v) is 2.92. The van der Waals surface area contributed by atoms with Crippen molar-refractivity contribution in [1.82, 2.24) is 10.3 Å². The van der Waals surface area contributed by atoms with Crippen LogP contribution in [0.15, 0.2) is 21.2 Å². The van der Waals surface area contributed by atoms with Crippen molar-refractivity contribution >= 4 is 37.7 Å². The van der Waals surface area contributed by atoms with Crippen LogP contribution in [0.3, 0.4) is 0 Å². The Hall–Kier alpha value is -0.130. The molecule has 0 spiro atoms. The van der Waals surface area contributed by atoms with Crippen LogP contribution in [0.5, 0.6) is 0 Å². The Morgan fingerprint density at radius 1 is 1.33 bits per heavy atom. The van der Waals surface area contributed by atoms with Crippen molar-refractivity contribution in [3.8, 4) is 0 Å². The minimum atomic E-state index is 0.898. The third kappa shape index (κ3) is 4.95. The van der Waals surface area contributed by atoms with Gasteiger partial charge < -0.3 is 10.6 Å². The summed E-state index contributed by atoms with van der Waals surface area (Å²) >= 11 is 6.83. The van der Waals surface area contributed by atoms with Crippen LogP contribution < -0.4 is 10.6 Å². The van der Waals surface area contributed by atoms with Crippen molar-refractivity contribution in [3.63, 3.8) is 0 Å². The molecule has 0 saturated carbocycles. The van der Waals surface area contributed by atoms with Crippen molar-refractivity contribution < 1.29 is 0 Å². The predicted molar refractivity (Wildman–Crippen MR) is 71.3 cm³/mol. The molecule has 0 aliphatic heterocycles. The highest BCUT2D eigenvalue weighted by molar-refractivity contribution is 9.11. The second kappa shape index (κ2) is 7.19. The van der Waals surface area contributed by atoms with E-state index in [4.69, 9.17) is 0 Å². The number of rotatable bonds is 6. The van der Waals surface area contributed by atoms with E-state index in [2.05, 4.69) is 54.4 Å². The first-order valence-corrected chi connectivity index (χ1v) is 6.58. The number of aromatic nitrogens is 1. The second-order valence-electron chi connectivity index (χ2n) is 3.12. The zero-order valence-corrected chi connectivity index (χ0v) is 11.9. The van der Waals surface area contributed by atoms with Gasteiger partial charge in [0, 0.05) is 17.2 Å². The molecule has 3 nitrogen and oxygen atoms in total. The highest BCUT2D eigenvalue weighted by Gasteiger charge is 2.00. The van der Waals surface area contributed by atoms with Gasteiger partial charge in [-0.3, -0.25) is 0 Å². The summed E-state index contributed by atoms with van der Waals surface area (Å²) in [6.45, 7) is 5.11. The Balaban J connectivity index is 2.31. The van der Waals surface area contributed by atoms with Gasteiger partial charge in [-0.1, -0.05) is 6.92 Å². The van der Waals surface area contributed by atoms with Crippen LogP contribution in [0.25, 0.3) is 0 Å². The molecule has 84 valence electrons. The molecule has 0 atom stereocenters. The van der Waals surface area contributed by atoms with E-state index in [1.807, 2.05) is 6.07 Å². The molecule has 5 heteroatoms. The maximum atomic E-state index is 4.27. The quantitative estimate of drug-likeness (QED) is 0.784. The van der Waals surface area contributed by atoms with E-state index in [0.717, 1.165) is 40.8 Å². The van der Waals surface area contributed by atoms with Gasteiger partial charge in [0.25, 0.3) is 0 Å². The van der Waals surface area contributed by atoms with Gasteiger partial charge in [-0.2, -0.15) is 0 Å². The fraction of sp³-hybridized carbons (Fsp3) is 0.500. The van der Waals surface area contributed by atoms with Crippen molar-refractivity contribution in [1.29, 1.82) is 0 Å². The Kier molecular flexibility index (Phi) is 6.20. The largest absolute Gasteiger partial charge is 0.369 e. The van der Waals surface area contributed by atoms with Crippen molar-refractivity contribution in [2.75, 3.05) is 25.0 Å². The minimum Gasteiger partial charge on any atom is -0.369 e. The summed E-state index contributed by atoms with van der Waals surface area (Å²) < 4.78 is 1.97. The normalized spacial score (nSPS) is 10.3. The number of hydrogen-bond donors (Lipinski definition) is 2. The lowest BCUT2D eigenvalue weighted by Crippen LogP contribution is -2.17. The van der Waals surface area contributed by atoms with E-state index in [-0.39, 0.29) is 0 Å². The molecular formula is C10H15Br2N3. The van der Waals surface area contributed by atoms with E-state index in [0.29, 0.717) is 0 Å². The van der Waals surface area contributed by atoms with Gasteiger partial charge in [0.2, 0.25) is 0 Å². The molecule has 0 radical (unpaired) electrons. The Morgan fingerprint density at radius 3 is 2.80 bits per heavy atom. The molecule has 1 rings (SSSR count). The molecule has 0 aliphatic rings. The summed E-state index contributed by atoms with van der Waals surface area (Å²) in [6, 6.07) is 1.99. The minimum absolute atomic E-state index is 0.898. The van der Waals surface area contributed by atoms with Gasteiger partial charge in [-0.15, -0.1) is 0 Å². The van der Waals surface area contributed by atoms with E-state index in [1.54, 1.807) is 6.20 Å². The lowest BCUT2D eigenvalue weighted by atomic mass is 10.4. The second-order valence-corrected chi connectivity index (χ2v) is 4.89. The van der Waals surface area contributed by atoms with Crippen LogP contribution in [0.2, 0.25) is 0 Å². The monoisotopic (exact) mass is 335 g/mol. The third-order valence-electron chi connectivity index (χ3n) is 1.88. The first-order valence-electron chi connectivity index (χ1n) is 4.99. The van der Waals surface area contributed by atoms with Crippen molar-refractivity contribution in [2.45, 2.75) is 13.3 Å². The van der Waals surface area contributed by atoms with Gasteiger partial charge >= 0.3 is 0 Å². The SMILES string of the molecule is CCNCCCNc1ncc(Br)cc1Br. The van der Waals surface area contributed by atoms with Crippen LogP contribution in [-0.4, -0.2) is 24.6 Å². The molecule has 1 heterocycles. The molecule has 0 aliphatic carbocycles. The summed E-state index contributed by atoms with van der Waals surface area (Å²) in [5, 5.41) is 6.56. The molecular weight excluding hydrogens is 322 g/mol. The number of hydrogen-bond acceptors (Lipinski definition) is 3. The standard InChI is InChI=1S/C10H15Br2N3/c1-2-13-4-3-5-14-10-9(12)6-8(11)7-15-10/h6-7,13H,2-5H2,1H3,(H,14,15). The van der Waals surface area contributed by atoms with E-state index >= 15 is 0 Å². The fourth-order valence-corrected chi connectivity index (χ4v) is 2.27. The van der Waals surface area contributed by atoms with Crippen molar-refractivity contribution in [3.05, 3.63) is 21.2 Å². The Bertz CT molecular complexity index is 305. The zero-order valence-electron chi connectivity index (χ0n) is 8.69. The molecule has 0 saturated heterocycles. The average molecular weight is 337 g/mol. The molecule has 1 aromatic rings. The Morgan fingerprint density at radius 2 is 2.13 bits per heavy atom. The smallest absolute Gasteiger partial charge is 0.140 e. The number of nitrogens with zero attached hydrogens (tertiary/aromatic N) is 1. The lowest BCUT2D eigenvalue weighted by molar-refractivity contribution is 0.688.